The van der Waals surface area contributed by atoms with Crippen LogP contribution in [0.1, 0.15) is 42.0 Å². The lowest BCUT2D eigenvalue weighted by atomic mass is 9.98. The van der Waals surface area contributed by atoms with E-state index < -0.39 is 13.4 Å². The smallest absolute Gasteiger partial charge is 0.469 e. The van der Waals surface area contributed by atoms with Crippen LogP contribution in [0.4, 0.5) is 0 Å². The summed E-state index contributed by atoms with van der Waals surface area (Å²) in [7, 11) is -4.50. The lowest BCUT2D eigenvalue weighted by molar-refractivity contribution is 0.154. The molecule has 1 aromatic heterocycles. The van der Waals surface area contributed by atoms with Crippen molar-refractivity contribution in [1.29, 1.82) is 0 Å². The molecule has 0 fully saturated rings. The maximum Gasteiger partial charge on any atom is 0.469 e. The molecule has 0 aliphatic heterocycles. The van der Waals surface area contributed by atoms with Crippen LogP contribution in [0, 0.1) is 11.8 Å². The number of nitrogens with two attached hydrogens (primary N) is 1. The Morgan fingerprint density at radius 1 is 1.17 bits per heavy atom. The van der Waals surface area contributed by atoms with Gasteiger partial charge in [0.1, 0.15) is 5.75 Å². The van der Waals surface area contributed by atoms with Crippen LogP contribution in [-0.2, 0) is 21.9 Å². The number of benzene rings is 1. The molecule has 1 atom stereocenters. The minimum absolute atomic E-state index is 0.194. The summed E-state index contributed by atoms with van der Waals surface area (Å²) < 4.78 is 20.8. The molecule has 0 saturated carbocycles. The lowest BCUT2D eigenvalue weighted by Gasteiger charge is -2.24. The highest BCUT2D eigenvalue weighted by Gasteiger charge is 2.24. The molecule has 29 heavy (non-hydrogen) atoms. The van der Waals surface area contributed by atoms with Crippen molar-refractivity contribution in [2.24, 2.45) is 5.73 Å². The highest BCUT2D eigenvalue weighted by Crippen LogP contribution is 2.37. The van der Waals surface area contributed by atoms with E-state index in [9.17, 15) is 4.57 Å². The third-order valence-corrected chi connectivity index (χ3v) is 5.68. The van der Waals surface area contributed by atoms with Crippen molar-refractivity contribution in [1.82, 2.24) is 0 Å². The summed E-state index contributed by atoms with van der Waals surface area (Å²) in [5.74, 6) is 7.29. The summed E-state index contributed by atoms with van der Waals surface area (Å²) in [6.45, 7) is 4.16. The van der Waals surface area contributed by atoms with Crippen molar-refractivity contribution >= 4 is 19.2 Å². The first-order chi connectivity index (χ1) is 13.7. The van der Waals surface area contributed by atoms with E-state index >= 15 is 0 Å². The van der Waals surface area contributed by atoms with E-state index in [2.05, 4.69) is 28.5 Å². The minimum atomic E-state index is -4.50. The van der Waals surface area contributed by atoms with E-state index in [0.717, 1.165) is 28.3 Å². The van der Waals surface area contributed by atoms with Gasteiger partial charge in [-0.1, -0.05) is 24.0 Å². The van der Waals surface area contributed by atoms with E-state index in [-0.39, 0.29) is 6.61 Å². The van der Waals surface area contributed by atoms with Crippen LogP contribution in [0.15, 0.2) is 36.4 Å². The first-order valence-corrected chi connectivity index (χ1v) is 11.8. The van der Waals surface area contributed by atoms with Gasteiger partial charge >= 0.3 is 7.82 Å². The molecule has 6 nitrogen and oxygen atoms in total. The zero-order chi connectivity index (χ0) is 21.3. The number of phosphoric acid groups is 1. The van der Waals surface area contributed by atoms with Gasteiger partial charge in [0.2, 0.25) is 0 Å². The molecule has 1 aromatic carbocycles. The second kappa shape index (κ2) is 10.9. The molecular weight excluding hydrogens is 409 g/mol. The molecule has 0 saturated heterocycles. The molecule has 0 amide bonds. The fraction of sp³-hybridized carbons (Fsp3) is 0.429. The predicted molar refractivity (Wildman–Crippen MR) is 116 cm³/mol. The van der Waals surface area contributed by atoms with Crippen LogP contribution in [0.5, 0.6) is 5.75 Å². The monoisotopic (exact) mass is 437 g/mol. The molecule has 0 spiro atoms. The molecule has 2 aromatic rings. The highest BCUT2D eigenvalue weighted by atomic mass is 32.1. The Morgan fingerprint density at radius 2 is 1.90 bits per heavy atom. The average Bonchev–Trinajstić information content (AvgIpc) is 3.11. The predicted octanol–water partition coefficient (Wildman–Crippen LogP) is 3.89. The number of thiophene rings is 1. The van der Waals surface area contributed by atoms with Gasteiger partial charge in [-0.25, -0.2) is 4.57 Å². The van der Waals surface area contributed by atoms with E-state index in [1.165, 1.54) is 5.56 Å². The third kappa shape index (κ3) is 9.60. The molecule has 158 valence electrons. The first-order valence-electron chi connectivity index (χ1n) is 9.45. The number of phosphoric ester groups is 1. The Kier molecular flexibility index (Phi) is 8.91. The molecular formula is C21H28NO5PS. The second-order valence-electron chi connectivity index (χ2n) is 7.06. The van der Waals surface area contributed by atoms with Crippen molar-refractivity contribution in [3.63, 3.8) is 0 Å². The Bertz CT molecular complexity index is 876. The summed E-state index contributed by atoms with van der Waals surface area (Å²) in [5, 5.41) is 0. The number of ether oxygens (including phenoxy) is 1. The van der Waals surface area contributed by atoms with Gasteiger partial charge in [-0.2, -0.15) is 0 Å². The maximum atomic E-state index is 10.8. The van der Waals surface area contributed by atoms with Crippen molar-refractivity contribution in [2.75, 3.05) is 13.2 Å². The maximum absolute atomic E-state index is 10.8. The molecule has 2 rings (SSSR count). The van der Waals surface area contributed by atoms with Crippen LogP contribution < -0.4 is 10.5 Å². The zero-order valence-electron chi connectivity index (χ0n) is 16.8. The Hall–Kier alpha value is -1.65. The summed E-state index contributed by atoms with van der Waals surface area (Å²) in [6, 6.07) is 12.1. The fourth-order valence-electron chi connectivity index (χ4n) is 2.57. The molecule has 0 bridgehead atoms. The van der Waals surface area contributed by atoms with Crippen molar-refractivity contribution < 1.29 is 23.6 Å². The van der Waals surface area contributed by atoms with Gasteiger partial charge in [0.25, 0.3) is 0 Å². The number of aryl methyl sites for hydroxylation is 2. The van der Waals surface area contributed by atoms with Crippen LogP contribution in [-0.4, -0.2) is 28.5 Å². The molecule has 1 heterocycles. The van der Waals surface area contributed by atoms with E-state index in [1.54, 1.807) is 18.3 Å². The Morgan fingerprint density at radius 3 is 2.55 bits per heavy atom. The van der Waals surface area contributed by atoms with Gasteiger partial charge in [-0.3, -0.25) is 4.52 Å². The highest BCUT2D eigenvalue weighted by molar-refractivity contribution is 7.46. The van der Waals surface area contributed by atoms with Gasteiger partial charge < -0.3 is 20.3 Å². The SMILES string of the molecule is CCOc1ccc(CCC#Cc2ccc(CCC(C)(N)COP(=O)(O)O)s2)cc1. The van der Waals surface area contributed by atoms with E-state index in [1.807, 2.05) is 31.2 Å². The summed E-state index contributed by atoms with van der Waals surface area (Å²) in [5.41, 5.74) is 6.48. The molecule has 8 heteroatoms. The topological polar surface area (TPSA) is 102 Å². The van der Waals surface area contributed by atoms with E-state index in [0.29, 0.717) is 19.4 Å². The minimum Gasteiger partial charge on any atom is -0.494 e. The zero-order valence-corrected chi connectivity index (χ0v) is 18.5. The summed E-state index contributed by atoms with van der Waals surface area (Å²) >= 11 is 1.61. The number of rotatable bonds is 10. The van der Waals surface area contributed by atoms with Gasteiger partial charge in [-0.05, 0) is 62.9 Å². The second-order valence-corrected chi connectivity index (χ2v) is 9.47. The quantitative estimate of drug-likeness (QED) is 0.385. The molecule has 0 radical (unpaired) electrons. The fourth-order valence-corrected chi connectivity index (χ4v) is 3.91. The standard InChI is InChI=1S/C21H28NO5PS/c1-3-26-18-10-8-17(9-11-18)6-4-5-7-19-12-13-20(29-19)14-15-21(2,22)16-27-28(23,24)25/h8-13H,3-4,6,14-16,22H2,1-2H3,(H2,23,24,25). The summed E-state index contributed by atoms with van der Waals surface area (Å²) in [6.07, 6.45) is 2.93. The van der Waals surface area contributed by atoms with Gasteiger partial charge in [-0.15, -0.1) is 11.3 Å². The van der Waals surface area contributed by atoms with Crippen LogP contribution in [0.25, 0.3) is 0 Å². The van der Waals surface area contributed by atoms with Crippen LogP contribution >= 0.6 is 19.2 Å². The van der Waals surface area contributed by atoms with Crippen molar-refractivity contribution in [3.8, 4) is 17.6 Å². The molecule has 0 aliphatic carbocycles. The molecule has 0 aliphatic rings. The largest absolute Gasteiger partial charge is 0.494 e. The normalized spacial score (nSPS) is 13.4. The third-order valence-electron chi connectivity index (χ3n) is 4.15. The number of hydrogen-bond acceptors (Lipinski definition) is 5. The van der Waals surface area contributed by atoms with E-state index in [4.69, 9.17) is 20.3 Å². The molecule has 4 N–H and O–H groups in total. The lowest BCUT2D eigenvalue weighted by Crippen LogP contribution is -2.41. The van der Waals surface area contributed by atoms with Gasteiger partial charge in [0.05, 0.1) is 18.1 Å². The van der Waals surface area contributed by atoms with Gasteiger partial charge in [0, 0.05) is 16.8 Å². The average molecular weight is 437 g/mol. The number of hydrogen-bond donors (Lipinski definition) is 3. The summed E-state index contributed by atoms with van der Waals surface area (Å²) in [4.78, 5) is 19.7. The molecule has 1 unspecified atom stereocenters. The Labute approximate surface area is 176 Å². The van der Waals surface area contributed by atoms with Crippen molar-refractivity contribution in [2.45, 2.75) is 45.1 Å². The first kappa shape index (κ1) is 23.6. The van der Waals surface area contributed by atoms with Crippen LogP contribution in [0.2, 0.25) is 0 Å². The Balaban J connectivity index is 1.78. The van der Waals surface area contributed by atoms with Crippen molar-refractivity contribution in [3.05, 3.63) is 51.7 Å². The van der Waals surface area contributed by atoms with Gasteiger partial charge in [0.15, 0.2) is 0 Å². The van der Waals surface area contributed by atoms with Crippen LogP contribution in [0.3, 0.4) is 0 Å².